The Balaban J connectivity index is 1.91. The number of nitrogens with zero attached hydrogens (tertiary/aromatic N) is 1. The third-order valence-electron chi connectivity index (χ3n) is 3.38. The number of hydrogen-bond donors (Lipinski definition) is 1. The van der Waals surface area contributed by atoms with Gasteiger partial charge in [-0.15, -0.1) is 0 Å². The van der Waals surface area contributed by atoms with Crippen molar-refractivity contribution in [3.05, 3.63) is 29.8 Å². The van der Waals surface area contributed by atoms with E-state index >= 15 is 0 Å². The Morgan fingerprint density at radius 1 is 1.25 bits per heavy atom. The smallest absolute Gasteiger partial charge is 0.0364 e. The van der Waals surface area contributed by atoms with Crippen LogP contribution < -0.4 is 10.2 Å². The number of anilines is 1. The van der Waals surface area contributed by atoms with Gasteiger partial charge < -0.3 is 10.2 Å². The zero-order valence-corrected chi connectivity index (χ0v) is 10.4. The van der Waals surface area contributed by atoms with Crippen LogP contribution in [0.25, 0.3) is 0 Å². The molecule has 88 valence electrons. The minimum Gasteiger partial charge on any atom is -0.373 e. The van der Waals surface area contributed by atoms with Crippen molar-refractivity contribution < 1.29 is 0 Å². The highest BCUT2D eigenvalue weighted by Crippen LogP contribution is 2.15. The molecule has 1 saturated heterocycles. The topological polar surface area (TPSA) is 15.3 Å². The number of benzene rings is 1. The van der Waals surface area contributed by atoms with Crippen molar-refractivity contribution in [1.82, 2.24) is 5.32 Å². The summed E-state index contributed by atoms with van der Waals surface area (Å²) >= 11 is 0. The molecule has 1 N–H and O–H groups in total. The molecular formula is C14H22N2. The summed E-state index contributed by atoms with van der Waals surface area (Å²) in [5.41, 5.74) is 2.64. The van der Waals surface area contributed by atoms with Crippen molar-refractivity contribution in [1.29, 1.82) is 0 Å². The van der Waals surface area contributed by atoms with Gasteiger partial charge in [-0.1, -0.05) is 24.1 Å². The van der Waals surface area contributed by atoms with Gasteiger partial charge in [0, 0.05) is 25.3 Å². The Labute approximate surface area is 98.7 Å². The van der Waals surface area contributed by atoms with Gasteiger partial charge >= 0.3 is 0 Å². The number of nitrogens with one attached hydrogen (secondary N) is 1. The predicted molar refractivity (Wildman–Crippen MR) is 70.1 cm³/mol. The second-order valence-corrected chi connectivity index (χ2v) is 4.86. The monoisotopic (exact) mass is 218 g/mol. The largest absolute Gasteiger partial charge is 0.373 e. The van der Waals surface area contributed by atoms with Gasteiger partial charge in [0.25, 0.3) is 0 Å². The Bertz CT molecular complexity index is 312. The molecule has 1 aromatic rings. The van der Waals surface area contributed by atoms with E-state index in [0.717, 1.165) is 6.54 Å². The minimum atomic E-state index is 0.667. The van der Waals surface area contributed by atoms with Crippen LogP contribution in [0.15, 0.2) is 24.3 Å². The Morgan fingerprint density at radius 3 is 2.62 bits per heavy atom. The number of rotatable bonds is 3. The van der Waals surface area contributed by atoms with Crippen molar-refractivity contribution in [3.63, 3.8) is 0 Å². The van der Waals surface area contributed by atoms with E-state index in [1.54, 1.807) is 0 Å². The van der Waals surface area contributed by atoms with Crippen LogP contribution in [0, 0.1) is 6.92 Å². The molecule has 0 saturated carbocycles. The predicted octanol–water partition coefficient (Wildman–Crippen LogP) is 2.57. The molecule has 1 heterocycles. The second-order valence-electron chi connectivity index (χ2n) is 4.86. The molecule has 2 nitrogen and oxygen atoms in total. The lowest BCUT2D eigenvalue weighted by Gasteiger charge is -2.29. The SMILES string of the molecule is Cc1ccc(N(C)CC2CCCCN2)cc1. The lowest BCUT2D eigenvalue weighted by Crippen LogP contribution is -2.42. The summed E-state index contributed by atoms with van der Waals surface area (Å²) in [4.78, 5) is 2.35. The van der Waals surface area contributed by atoms with Crippen LogP contribution in [-0.2, 0) is 0 Å². The Hall–Kier alpha value is -1.02. The molecular weight excluding hydrogens is 196 g/mol. The van der Waals surface area contributed by atoms with E-state index in [4.69, 9.17) is 0 Å². The average Bonchev–Trinajstić information content (AvgIpc) is 2.31. The van der Waals surface area contributed by atoms with Crippen molar-refractivity contribution in [2.24, 2.45) is 0 Å². The second kappa shape index (κ2) is 5.35. The van der Waals surface area contributed by atoms with E-state index < -0.39 is 0 Å². The normalized spacial score (nSPS) is 20.8. The van der Waals surface area contributed by atoms with Crippen molar-refractivity contribution in [2.45, 2.75) is 32.2 Å². The standard InChI is InChI=1S/C14H22N2/c1-12-6-8-14(9-7-12)16(2)11-13-5-3-4-10-15-13/h6-9,13,15H,3-5,10-11H2,1-2H3. The maximum Gasteiger partial charge on any atom is 0.0364 e. The molecule has 1 atom stereocenters. The van der Waals surface area contributed by atoms with Crippen LogP contribution in [0.2, 0.25) is 0 Å². The number of likely N-dealkylation sites (N-methyl/N-ethyl adjacent to an activating group) is 1. The fraction of sp³-hybridized carbons (Fsp3) is 0.571. The summed E-state index contributed by atoms with van der Waals surface area (Å²) in [6.07, 6.45) is 4.03. The van der Waals surface area contributed by atoms with E-state index in [9.17, 15) is 0 Å². The molecule has 1 aromatic carbocycles. The van der Waals surface area contributed by atoms with E-state index in [-0.39, 0.29) is 0 Å². The zero-order valence-electron chi connectivity index (χ0n) is 10.4. The van der Waals surface area contributed by atoms with Crippen molar-refractivity contribution in [3.8, 4) is 0 Å². The lowest BCUT2D eigenvalue weighted by molar-refractivity contribution is 0.403. The van der Waals surface area contributed by atoms with Crippen LogP contribution in [0.3, 0.4) is 0 Å². The Kier molecular flexibility index (Phi) is 3.83. The van der Waals surface area contributed by atoms with E-state index in [1.807, 2.05) is 0 Å². The third kappa shape index (κ3) is 2.99. The first-order valence-electron chi connectivity index (χ1n) is 6.27. The van der Waals surface area contributed by atoms with E-state index in [1.165, 1.54) is 37.1 Å². The highest BCUT2D eigenvalue weighted by atomic mass is 15.1. The van der Waals surface area contributed by atoms with Gasteiger partial charge in [0.2, 0.25) is 0 Å². The minimum absolute atomic E-state index is 0.667. The molecule has 0 aliphatic carbocycles. The van der Waals surface area contributed by atoms with Gasteiger partial charge in [-0.3, -0.25) is 0 Å². The quantitative estimate of drug-likeness (QED) is 0.839. The zero-order chi connectivity index (χ0) is 11.4. The van der Waals surface area contributed by atoms with Crippen molar-refractivity contribution >= 4 is 5.69 Å². The first-order valence-corrected chi connectivity index (χ1v) is 6.27. The fourth-order valence-electron chi connectivity index (χ4n) is 2.32. The van der Waals surface area contributed by atoms with Gasteiger partial charge in [0.1, 0.15) is 0 Å². The summed E-state index contributed by atoms with van der Waals surface area (Å²) in [5.74, 6) is 0. The van der Waals surface area contributed by atoms with Crippen LogP contribution in [-0.4, -0.2) is 26.2 Å². The molecule has 2 heteroatoms. The van der Waals surface area contributed by atoms with Gasteiger partial charge in [0.05, 0.1) is 0 Å². The molecule has 1 fully saturated rings. The van der Waals surface area contributed by atoms with E-state index in [2.05, 4.69) is 48.5 Å². The van der Waals surface area contributed by atoms with E-state index in [0.29, 0.717) is 6.04 Å². The molecule has 16 heavy (non-hydrogen) atoms. The van der Waals surface area contributed by atoms with Gasteiger partial charge in [-0.05, 0) is 38.4 Å². The van der Waals surface area contributed by atoms with Gasteiger partial charge in [0.15, 0.2) is 0 Å². The summed E-state index contributed by atoms with van der Waals surface area (Å²) < 4.78 is 0. The number of piperidine rings is 1. The molecule has 0 radical (unpaired) electrons. The summed E-state index contributed by atoms with van der Waals surface area (Å²) in [5, 5.41) is 3.59. The molecule has 0 amide bonds. The molecule has 0 aromatic heterocycles. The maximum absolute atomic E-state index is 3.59. The van der Waals surface area contributed by atoms with Gasteiger partial charge in [-0.2, -0.15) is 0 Å². The maximum atomic E-state index is 3.59. The molecule has 2 rings (SSSR count). The highest BCUT2D eigenvalue weighted by Gasteiger charge is 2.14. The molecule has 0 bridgehead atoms. The van der Waals surface area contributed by atoms with Crippen LogP contribution in [0.1, 0.15) is 24.8 Å². The molecule has 1 aliphatic heterocycles. The summed E-state index contributed by atoms with van der Waals surface area (Å²) in [7, 11) is 2.18. The fourth-order valence-corrected chi connectivity index (χ4v) is 2.32. The first kappa shape index (κ1) is 11.5. The van der Waals surface area contributed by atoms with Gasteiger partial charge in [-0.25, -0.2) is 0 Å². The highest BCUT2D eigenvalue weighted by molar-refractivity contribution is 5.46. The molecule has 0 spiro atoms. The van der Waals surface area contributed by atoms with Crippen LogP contribution >= 0.6 is 0 Å². The molecule has 1 unspecified atom stereocenters. The summed E-state index contributed by atoms with van der Waals surface area (Å²) in [6.45, 7) is 4.43. The van der Waals surface area contributed by atoms with Crippen molar-refractivity contribution in [2.75, 3.05) is 25.0 Å². The van der Waals surface area contributed by atoms with Crippen LogP contribution in [0.5, 0.6) is 0 Å². The first-order chi connectivity index (χ1) is 7.75. The summed E-state index contributed by atoms with van der Waals surface area (Å²) in [6, 6.07) is 9.44. The average molecular weight is 218 g/mol. The van der Waals surface area contributed by atoms with Crippen LogP contribution in [0.4, 0.5) is 5.69 Å². The lowest BCUT2D eigenvalue weighted by atomic mass is 10.0. The Morgan fingerprint density at radius 2 is 2.00 bits per heavy atom. The molecule has 1 aliphatic rings. The number of aryl methyl sites for hydroxylation is 1. The third-order valence-corrected chi connectivity index (χ3v) is 3.38. The number of hydrogen-bond acceptors (Lipinski definition) is 2.